The van der Waals surface area contributed by atoms with Crippen molar-refractivity contribution in [3.8, 4) is 11.6 Å². The van der Waals surface area contributed by atoms with Crippen LogP contribution in [0.1, 0.15) is 11.4 Å². The molecule has 0 atom stereocenters. The Labute approximate surface area is 208 Å². The van der Waals surface area contributed by atoms with Crippen LogP contribution >= 0.6 is 35.6 Å². The fourth-order valence-electron chi connectivity index (χ4n) is 3.57. The third-order valence-corrected chi connectivity index (χ3v) is 5.60. The molecule has 2 N–H and O–H groups in total. The second-order valence-electron chi connectivity index (χ2n) is 7.27. The highest BCUT2D eigenvalue weighted by Gasteiger charge is 2.21. The van der Waals surface area contributed by atoms with Gasteiger partial charge in [-0.1, -0.05) is 17.7 Å². The summed E-state index contributed by atoms with van der Waals surface area (Å²) in [7, 11) is 1.78. The number of furan rings is 1. The Morgan fingerprint density at radius 2 is 2.06 bits per heavy atom. The van der Waals surface area contributed by atoms with Crippen molar-refractivity contribution in [3.05, 3.63) is 58.8 Å². The fraction of sp³-hybridized carbons (Fsp3) is 0.381. The van der Waals surface area contributed by atoms with Crippen molar-refractivity contribution in [3.63, 3.8) is 0 Å². The maximum absolute atomic E-state index is 14.1. The van der Waals surface area contributed by atoms with Crippen LogP contribution in [0.5, 0.6) is 0 Å². The van der Waals surface area contributed by atoms with E-state index in [1.54, 1.807) is 25.4 Å². The molecular formula is C21H26ClFIN7O. The van der Waals surface area contributed by atoms with E-state index in [4.69, 9.17) is 16.0 Å². The average molecular weight is 574 g/mol. The molecule has 11 heteroatoms. The van der Waals surface area contributed by atoms with Gasteiger partial charge in [0.15, 0.2) is 11.7 Å². The zero-order chi connectivity index (χ0) is 21.6. The quantitative estimate of drug-likeness (QED) is 0.267. The minimum atomic E-state index is -0.255. The Balaban J connectivity index is 0.00000289. The summed E-state index contributed by atoms with van der Waals surface area (Å²) in [6, 6.07) is 8.45. The first kappa shape index (κ1) is 24.5. The van der Waals surface area contributed by atoms with Gasteiger partial charge in [-0.2, -0.15) is 5.10 Å². The number of rotatable bonds is 6. The number of benzene rings is 1. The lowest BCUT2D eigenvalue weighted by molar-refractivity contribution is 0.171. The summed E-state index contributed by atoms with van der Waals surface area (Å²) in [6.45, 7) is 4.40. The van der Waals surface area contributed by atoms with Crippen LogP contribution in [0, 0.1) is 5.82 Å². The van der Waals surface area contributed by atoms with Crippen molar-refractivity contribution in [2.24, 2.45) is 4.99 Å². The molecule has 0 saturated carbocycles. The van der Waals surface area contributed by atoms with Gasteiger partial charge >= 0.3 is 0 Å². The lowest BCUT2D eigenvalue weighted by Crippen LogP contribution is -2.52. The summed E-state index contributed by atoms with van der Waals surface area (Å²) in [5.74, 6) is 2.56. The van der Waals surface area contributed by atoms with Gasteiger partial charge in [-0.25, -0.2) is 9.37 Å². The van der Waals surface area contributed by atoms with Crippen LogP contribution in [0.15, 0.2) is 46.0 Å². The van der Waals surface area contributed by atoms with Gasteiger partial charge in [0.1, 0.15) is 11.6 Å². The van der Waals surface area contributed by atoms with Crippen molar-refractivity contribution < 1.29 is 8.81 Å². The number of H-pyrrole nitrogens is 1. The van der Waals surface area contributed by atoms with Gasteiger partial charge < -0.3 is 14.6 Å². The fourth-order valence-corrected chi connectivity index (χ4v) is 3.80. The predicted molar refractivity (Wildman–Crippen MR) is 133 cm³/mol. The number of aliphatic imine (C=N–C) groups is 1. The summed E-state index contributed by atoms with van der Waals surface area (Å²) in [5, 5.41) is 11.0. The number of guanidine groups is 1. The van der Waals surface area contributed by atoms with Crippen molar-refractivity contribution in [2.75, 3.05) is 39.8 Å². The normalized spacial score (nSPS) is 15.0. The van der Waals surface area contributed by atoms with Crippen LogP contribution in [0.3, 0.4) is 0 Å². The van der Waals surface area contributed by atoms with E-state index < -0.39 is 0 Å². The number of nitrogens with zero attached hydrogens (tertiary/aromatic N) is 5. The molecule has 3 aromatic rings. The van der Waals surface area contributed by atoms with E-state index in [-0.39, 0.29) is 29.8 Å². The van der Waals surface area contributed by atoms with Crippen molar-refractivity contribution in [1.29, 1.82) is 0 Å². The summed E-state index contributed by atoms with van der Waals surface area (Å²) >= 11 is 6.16. The molecule has 1 aliphatic heterocycles. The molecule has 0 aliphatic carbocycles. The standard InChI is InChI=1S/C21H25ClFN7O.HI/c1-24-21(25-8-7-19-26-20(28-27-19)18-6-3-13-31-18)30-11-9-29(10-12-30)14-15-16(22)4-2-5-17(15)23;/h2-6,13H,7-12,14H2,1H3,(H,24,25)(H,26,27,28);1H. The van der Waals surface area contributed by atoms with Gasteiger partial charge in [0.2, 0.25) is 5.82 Å². The summed E-state index contributed by atoms with van der Waals surface area (Å²) < 4.78 is 19.4. The van der Waals surface area contributed by atoms with E-state index >= 15 is 0 Å². The first-order chi connectivity index (χ1) is 15.1. The number of hydrogen-bond donors (Lipinski definition) is 2. The molecule has 1 saturated heterocycles. The van der Waals surface area contributed by atoms with Gasteiger partial charge in [-0.05, 0) is 24.3 Å². The topological polar surface area (TPSA) is 85.6 Å². The number of hydrogen-bond acceptors (Lipinski definition) is 5. The van der Waals surface area contributed by atoms with Crippen LogP contribution < -0.4 is 5.32 Å². The van der Waals surface area contributed by atoms with E-state index in [0.29, 0.717) is 41.7 Å². The molecule has 1 aromatic carbocycles. The largest absolute Gasteiger partial charge is 0.461 e. The highest BCUT2D eigenvalue weighted by atomic mass is 127. The highest BCUT2D eigenvalue weighted by Crippen LogP contribution is 2.21. The number of aromatic nitrogens is 3. The lowest BCUT2D eigenvalue weighted by Gasteiger charge is -2.36. The Morgan fingerprint density at radius 1 is 1.25 bits per heavy atom. The van der Waals surface area contributed by atoms with Crippen LogP contribution in [0.25, 0.3) is 11.6 Å². The molecule has 3 heterocycles. The average Bonchev–Trinajstić information content (AvgIpc) is 3.47. The minimum Gasteiger partial charge on any atom is -0.461 e. The molecule has 8 nitrogen and oxygen atoms in total. The molecular weight excluding hydrogens is 548 g/mol. The molecule has 0 unspecified atom stereocenters. The number of nitrogens with one attached hydrogen (secondary N) is 2. The smallest absolute Gasteiger partial charge is 0.216 e. The zero-order valence-corrected chi connectivity index (χ0v) is 20.8. The molecule has 0 radical (unpaired) electrons. The second-order valence-corrected chi connectivity index (χ2v) is 7.68. The van der Waals surface area contributed by atoms with Gasteiger partial charge in [0.25, 0.3) is 0 Å². The maximum Gasteiger partial charge on any atom is 0.216 e. The van der Waals surface area contributed by atoms with Crippen LogP contribution in [-0.4, -0.2) is 70.7 Å². The van der Waals surface area contributed by atoms with E-state index in [1.807, 2.05) is 12.1 Å². The minimum absolute atomic E-state index is 0. The van der Waals surface area contributed by atoms with Crippen LogP contribution in [-0.2, 0) is 13.0 Å². The van der Waals surface area contributed by atoms with E-state index in [0.717, 1.165) is 38.0 Å². The summed E-state index contributed by atoms with van der Waals surface area (Å²) in [5.41, 5.74) is 0.557. The molecule has 2 aromatic heterocycles. The molecule has 172 valence electrons. The van der Waals surface area contributed by atoms with Gasteiger partial charge in [-0.15, -0.1) is 24.0 Å². The summed E-state index contributed by atoms with van der Waals surface area (Å²) in [4.78, 5) is 13.3. The number of piperazine rings is 1. The van der Waals surface area contributed by atoms with Crippen LogP contribution in [0.2, 0.25) is 5.02 Å². The Hall–Kier alpha value is -2.18. The van der Waals surface area contributed by atoms with Gasteiger partial charge in [0.05, 0.1) is 6.26 Å². The highest BCUT2D eigenvalue weighted by molar-refractivity contribution is 14.0. The SMILES string of the molecule is CN=C(NCCc1nc(-c2ccco2)n[nH]1)N1CCN(Cc2c(F)cccc2Cl)CC1.I. The lowest BCUT2D eigenvalue weighted by atomic mass is 10.2. The molecule has 32 heavy (non-hydrogen) atoms. The Kier molecular flexibility index (Phi) is 8.88. The molecule has 0 spiro atoms. The molecule has 1 aliphatic rings. The van der Waals surface area contributed by atoms with Crippen molar-refractivity contribution in [1.82, 2.24) is 30.3 Å². The maximum atomic E-state index is 14.1. The second kappa shape index (κ2) is 11.6. The predicted octanol–water partition coefficient (Wildman–Crippen LogP) is 3.41. The van der Waals surface area contributed by atoms with E-state index in [9.17, 15) is 4.39 Å². The van der Waals surface area contributed by atoms with Crippen molar-refractivity contribution in [2.45, 2.75) is 13.0 Å². The molecule has 0 bridgehead atoms. The molecule has 4 rings (SSSR count). The third kappa shape index (κ3) is 5.99. The first-order valence-corrected chi connectivity index (χ1v) is 10.6. The first-order valence-electron chi connectivity index (χ1n) is 10.2. The third-order valence-electron chi connectivity index (χ3n) is 5.25. The van der Waals surface area contributed by atoms with Crippen LogP contribution in [0.4, 0.5) is 4.39 Å². The Morgan fingerprint density at radius 3 is 2.75 bits per heavy atom. The monoisotopic (exact) mass is 573 g/mol. The summed E-state index contributed by atoms with van der Waals surface area (Å²) in [6.07, 6.45) is 2.28. The number of aromatic amines is 1. The van der Waals surface area contributed by atoms with Crippen molar-refractivity contribution >= 4 is 41.5 Å². The van der Waals surface area contributed by atoms with E-state index in [1.165, 1.54) is 6.07 Å². The number of halogens is 3. The molecule has 0 amide bonds. The zero-order valence-electron chi connectivity index (χ0n) is 17.7. The van der Waals surface area contributed by atoms with Gasteiger partial charge in [0, 0.05) is 63.3 Å². The van der Waals surface area contributed by atoms with E-state index in [2.05, 4.69) is 35.3 Å². The van der Waals surface area contributed by atoms with Gasteiger partial charge in [-0.3, -0.25) is 15.0 Å². The molecule has 1 fully saturated rings. The Bertz CT molecular complexity index is 999.